The largest absolute Gasteiger partial charge is 0.493 e. The first-order valence-electron chi connectivity index (χ1n) is 3.44. The van der Waals surface area contributed by atoms with Crippen molar-refractivity contribution in [1.82, 2.24) is 0 Å². The minimum Gasteiger partial charge on any atom is -0.493 e. The van der Waals surface area contributed by atoms with Gasteiger partial charge in [-0.15, -0.1) is 0 Å². The van der Waals surface area contributed by atoms with Crippen molar-refractivity contribution in [1.29, 1.82) is 0 Å². The second-order valence-corrected chi connectivity index (χ2v) is 2.31. The van der Waals surface area contributed by atoms with Crippen LogP contribution in [0.4, 0.5) is 0 Å². The molecule has 1 rings (SSSR count). The highest BCUT2D eigenvalue weighted by molar-refractivity contribution is 6.07. The summed E-state index contributed by atoms with van der Waals surface area (Å²) in [6, 6.07) is 0. The Hall–Kier alpha value is -1.51. The van der Waals surface area contributed by atoms with Crippen LogP contribution in [-0.4, -0.2) is 20.0 Å². The zero-order chi connectivity index (χ0) is 9.14. The summed E-state index contributed by atoms with van der Waals surface area (Å²) in [4.78, 5) is 11.1. The van der Waals surface area contributed by atoms with Crippen LogP contribution in [0.1, 0.15) is 0 Å². The molecule has 0 unspecified atom stereocenters. The maximum Gasteiger partial charge on any atom is 0.189 e. The molecule has 64 valence electrons. The van der Waals surface area contributed by atoms with Crippen LogP contribution in [0.5, 0.6) is 0 Å². The highest BCUT2D eigenvalue weighted by Crippen LogP contribution is 2.19. The Morgan fingerprint density at radius 2 is 1.67 bits per heavy atom. The van der Waals surface area contributed by atoms with Crippen molar-refractivity contribution in [2.45, 2.75) is 0 Å². The summed E-state index contributed by atoms with van der Waals surface area (Å²) >= 11 is 0. The number of rotatable bonds is 2. The first kappa shape index (κ1) is 8.59. The first-order chi connectivity index (χ1) is 5.69. The van der Waals surface area contributed by atoms with Crippen molar-refractivity contribution >= 4 is 5.78 Å². The fourth-order valence-electron chi connectivity index (χ4n) is 0.902. The Kier molecular flexibility index (Phi) is 2.33. The molecule has 0 saturated carbocycles. The average Bonchev–Trinajstić information content (AvgIpc) is 2.09. The fraction of sp³-hybridized carbons (Fsp3) is 0.222. The van der Waals surface area contributed by atoms with Gasteiger partial charge in [0, 0.05) is 11.6 Å². The smallest absolute Gasteiger partial charge is 0.189 e. The third-order valence-electron chi connectivity index (χ3n) is 1.57. The Bertz CT molecular complexity index is 254. The first-order valence-corrected chi connectivity index (χ1v) is 3.44. The number of hydrogen-bond acceptors (Lipinski definition) is 3. The monoisotopic (exact) mass is 166 g/mol. The van der Waals surface area contributed by atoms with Gasteiger partial charge in [0.1, 0.15) is 0 Å². The number of carbonyl (C=O) groups is 1. The van der Waals surface area contributed by atoms with Gasteiger partial charge in [0.2, 0.25) is 0 Å². The van der Waals surface area contributed by atoms with Crippen LogP contribution in [-0.2, 0) is 14.3 Å². The molecule has 1 aliphatic carbocycles. The van der Waals surface area contributed by atoms with E-state index in [1.165, 1.54) is 20.3 Å². The number of carbonyl (C=O) groups excluding carboxylic acids is 1. The minimum absolute atomic E-state index is 0.146. The summed E-state index contributed by atoms with van der Waals surface area (Å²) in [5.41, 5.74) is 0.410. The predicted octanol–water partition coefficient (Wildman–Crippen LogP) is 1.19. The quantitative estimate of drug-likeness (QED) is 0.578. The van der Waals surface area contributed by atoms with Crippen LogP contribution in [0.2, 0.25) is 0 Å². The molecule has 0 heterocycles. The molecule has 0 radical (unpaired) electrons. The van der Waals surface area contributed by atoms with Crippen molar-refractivity contribution in [3.8, 4) is 0 Å². The second kappa shape index (κ2) is 3.26. The number of allylic oxidation sites excluding steroid dienone is 3. The normalized spacial score (nSPS) is 16.8. The van der Waals surface area contributed by atoms with E-state index in [9.17, 15) is 4.79 Å². The minimum atomic E-state index is -0.146. The molecular formula is C9H10O3. The van der Waals surface area contributed by atoms with Gasteiger partial charge in [0.15, 0.2) is 17.3 Å². The molecule has 0 bridgehead atoms. The maximum atomic E-state index is 11.1. The van der Waals surface area contributed by atoms with Gasteiger partial charge in [-0.3, -0.25) is 4.79 Å². The summed E-state index contributed by atoms with van der Waals surface area (Å²) in [5.74, 6) is 0.824. The molecule has 0 aliphatic heterocycles. The average molecular weight is 166 g/mol. The van der Waals surface area contributed by atoms with Gasteiger partial charge >= 0.3 is 0 Å². The van der Waals surface area contributed by atoms with Crippen LogP contribution in [0, 0.1) is 0 Å². The summed E-state index contributed by atoms with van der Waals surface area (Å²) in [6.07, 6.45) is 2.92. The molecule has 0 aromatic rings. The number of ether oxygens (including phenoxy) is 2. The van der Waals surface area contributed by atoms with Gasteiger partial charge in [0.25, 0.3) is 0 Å². The SMILES string of the molecule is C=C1C=C(OC)C(OC)=CC1=O. The van der Waals surface area contributed by atoms with Crippen LogP contribution in [0.15, 0.2) is 35.8 Å². The second-order valence-electron chi connectivity index (χ2n) is 2.31. The van der Waals surface area contributed by atoms with Gasteiger partial charge in [0.05, 0.1) is 14.2 Å². The maximum absolute atomic E-state index is 11.1. The van der Waals surface area contributed by atoms with E-state index < -0.39 is 0 Å². The van der Waals surface area contributed by atoms with Gasteiger partial charge < -0.3 is 9.47 Å². The summed E-state index contributed by atoms with van der Waals surface area (Å²) in [5, 5.41) is 0. The highest BCUT2D eigenvalue weighted by Gasteiger charge is 2.16. The Morgan fingerprint density at radius 3 is 2.17 bits per heavy atom. The predicted molar refractivity (Wildman–Crippen MR) is 44.3 cm³/mol. The summed E-state index contributed by atoms with van der Waals surface area (Å²) in [7, 11) is 3.00. The topological polar surface area (TPSA) is 35.5 Å². The van der Waals surface area contributed by atoms with E-state index in [-0.39, 0.29) is 5.78 Å². The molecule has 0 atom stereocenters. The van der Waals surface area contributed by atoms with E-state index in [2.05, 4.69) is 6.58 Å². The van der Waals surface area contributed by atoms with Crippen LogP contribution >= 0.6 is 0 Å². The molecular weight excluding hydrogens is 156 g/mol. The summed E-state index contributed by atoms with van der Waals surface area (Å²) < 4.78 is 9.89. The zero-order valence-corrected chi connectivity index (χ0v) is 7.09. The van der Waals surface area contributed by atoms with Crippen molar-refractivity contribution in [2.24, 2.45) is 0 Å². The summed E-state index contributed by atoms with van der Waals surface area (Å²) in [6.45, 7) is 3.56. The van der Waals surface area contributed by atoms with Crippen LogP contribution in [0.25, 0.3) is 0 Å². The standard InChI is InChI=1S/C9H10O3/c1-6-4-8(11-2)9(12-3)5-7(6)10/h4-5H,1H2,2-3H3. The molecule has 3 nitrogen and oxygen atoms in total. The third kappa shape index (κ3) is 1.39. The van der Waals surface area contributed by atoms with Crippen molar-refractivity contribution < 1.29 is 14.3 Å². The van der Waals surface area contributed by atoms with E-state index in [1.807, 2.05) is 0 Å². The Morgan fingerprint density at radius 1 is 1.17 bits per heavy atom. The van der Waals surface area contributed by atoms with E-state index in [4.69, 9.17) is 9.47 Å². The molecule has 0 spiro atoms. The van der Waals surface area contributed by atoms with Crippen molar-refractivity contribution in [2.75, 3.05) is 14.2 Å². The number of ketones is 1. The molecule has 0 aromatic carbocycles. The van der Waals surface area contributed by atoms with E-state index in [0.29, 0.717) is 17.1 Å². The molecule has 0 N–H and O–H groups in total. The van der Waals surface area contributed by atoms with Gasteiger partial charge in [-0.25, -0.2) is 0 Å². The molecule has 0 saturated heterocycles. The van der Waals surface area contributed by atoms with Gasteiger partial charge in [-0.05, 0) is 6.08 Å². The Balaban J connectivity index is 3.00. The molecule has 0 aromatic heterocycles. The zero-order valence-electron chi connectivity index (χ0n) is 7.09. The van der Waals surface area contributed by atoms with Crippen LogP contribution in [0.3, 0.4) is 0 Å². The van der Waals surface area contributed by atoms with E-state index in [1.54, 1.807) is 6.08 Å². The number of hydrogen-bond donors (Lipinski definition) is 0. The molecule has 3 heteroatoms. The fourth-order valence-corrected chi connectivity index (χ4v) is 0.902. The third-order valence-corrected chi connectivity index (χ3v) is 1.57. The lowest BCUT2D eigenvalue weighted by Gasteiger charge is -2.13. The van der Waals surface area contributed by atoms with Gasteiger partial charge in [-0.2, -0.15) is 0 Å². The molecule has 1 aliphatic rings. The van der Waals surface area contributed by atoms with Crippen molar-refractivity contribution in [3.63, 3.8) is 0 Å². The van der Waals surface area contributed by atoms with Crippen LogP contribution < -0.4 is 0 Å². The molecule has 12 heavy (non-hydrogen) atoms. The van der Waals surface area contributed by atoms with E-state index >= 15 is 0 Å². The lowest BCUT2D eigenvalue weighted by atomic mass is 10.1. The highest BCUT2D eigenvalue weighted by atomic mass is 16.5. The molecule has 0 fully saturated rings. The van der Waals surface area contributed by atoms with Gasteiger partial charge in [-0.1, -0.05) is 6.58 Å². The van der Waals surface area contributed by atoms with Crippen molar-refractivity contribution in [3.05, 3.63) is 35.8 Å². The van der Waals surface area contributed by atoms with E-state index in [0.717, 1.165) is 0 Å². The lowest BCUT2D eigenvalue weighted by molar-refractivity contribution is -0.111. The number of methoxy groups -OCH3 is 2. The Labute approximate surface area is 71.0 Å². The lowest BCUT2D eigenvalue weighted by Crippen LogP contribution is -2.08. The molecule has 0 amide bonds.